The first-order valence-electron chi connectivity index (χ1n) is 16.3. The molecule has 2 fully saturated rings. The molecule has 3 aromatic carbocycles. The molecule has 45 heavy (non-hydrogen) atoms. The Balaban J connectivity index is 1.42. The van der Waals surface area contributed by atoms with Crippen LogP contribution in [0, 0.1) is 29.1 Å². The molecule has 4 N–H and O–H groups in total. The molecule has 0 heterocycles. The standard InChI is InChI=1S/C39H44O6/c1-45-37-21-28(12-14-34(37)42)31-23-30(40)24-35(43)32(11-7-10-27(31)20-26-8-3-2-4-9-26)39(29-13-15-33(41)36(44)22-29)19-18-38(25-39)16-5-6-17-38/h2-4,8-9,12-15,21-22,27,31-32,35,41-44H,5-6,11,16-20,23-25H2,1H3. The number of methoxy groups -OCH3 is 1. The summed E-state index contributed by atoms with van der Waals surface area (Å²) < 4.78 is 5.41. The molecule has 2 saturated carbocycles. The fourth-order valence-electron chi connectivity index (χ4n) is 8.78. The van der Waals surface area contributed by atoms with E-state index in [4.69, 9.17) is 4.74 Å². The van der Waals surface area contributed by atoms with E-state index in [-0.39, 0.29) is 59.0 Å². The van der Waals surface area contributed by atoms with Crippen molar-refractivity contribution in [2.75, 3.05) is 7.11 Å². The average Bonchev–Trinajstić information content (AvgIpc) is 3.66. The van der Waals surface area contributed by atoms with E-state index in [1.807, 2.05) is 30.3 Å². The van der Waals surface area contributed by atoms with Gasteiger partial charge in [0, 0.05) is 42.4 Å². The molecule has 3 aromatic rings. The van der Waals surface area contributed by atoms with Gasteiger partial charge in [-0.1, -0.05) is 61.2 Å². The Hall–Kier alpha value is -3.95. The van der Waals surface area contributed by atoms with E-state index in [9.17, 15) is 25.2 Å². The lowest BCUT2D eigenvalue weighted by molar-refractivity contribution is -0.122. The third kappa shape index (κ3) is 6.29. The fraction of sp³-hybridized carbons (Fsp3) is 0.462. The van der Waals surface area contributed by atoms with E-state index in [2.05, 4.69) is 24.0 Å². The van der Waals surface area contributed by atoms with Crippen LogP contribution in [-0.4, -0.2) is 39.4 Å². The van der Waals surface area contributed by atoms with E-state index >= 15 is 0 Å². The van der Waals surface area contributed by atoms with Gasteiger partial charge in [-0.05, 0) is 84.9 Å². The third-order valence-electron chi connectivity index (χ3n) is 11.1. The van der Waals surface area contributed by atoms with E-state index in [1.165, 1.54) is 20.0 Å². The Kier molecular flexibility index (Phi) is 8.84. The third-order valence-corrected chi connectivity index (χ3v) is 11.1. The summed E-state index contributed by atoms with van der Waals surface area (Å²) in [6, 6.07) is 20.5. The number of aliphatic hydroxyl groups is 1. The number of phenols is 3. The SMILES string of the molecule is COc1cc(C2CC(=O)CC(O)C(C3(c4ccc(O)c(O)c4)CCC4(CCCC4)C3)CC#CC2Cc2ccccc2)ccc1O. The molecule has 3 aliphatic rings. The van der Waals surface area contributed by atoms with Crippen molar-refractivity contribution in [3.05, 3.63) is 83.4 Å². The van der Waals surface area contributed by atoms with E-state index in [0.717, 1.165) is 48.8 Å². The lowest BCUT2D eigenvalue weighted by atomic mass is 9.62. The highest BCUT2D eigenvalue weighted by Gasteiger charge is 2.55. The summed E-state index contributed by atoms with van der Waals surface area (Å²) in [6.07, 6.45) is 7.89. The highest BCUT2D eigenvalue weighted by molar-refractivity contribution is 5.80. The number of carbonyl (C=O) groups is 1. The maximum Gasteiger partial charge on any atom is 0.160 e. The van der Waals surface area contributed by atoms with E-state index in [1.54, 1.807) is 24.3 Å². The van der Waals surface area contributed by atoms with Crippen molar-refractivity contribution in [3.63, 3.8) is 0 Å². The summed E-state index contributed by atoms with van der Waals surface area (Å²) in [5, 5.41) is 42.9. The number of rotatable bonds is 6. The molecule has 0 radical (unpaired) electrons. The second-order valence-electron chi connectivity index (χ2n) is 13.7. The number of aliphatic hydroxyl groups excluding tert-OH is 1. The monoisotopic (exact) mass is 608 g/mol. The minimum atomic E-state index is -0.903. The summed E-state index contributed by atoms with van der Waals surface area (Å²) in [5.74, 6) is 6.41. The molecular weight excluding hydrogens is 564 g/mol. The number of ether oxygens (including phenoxy) is 1. The molecular formula is C39H44O6. The lowest BCUT2D eigenvalue weighted by Gasteiger charge is -2.42. The van der Waals surface area contributed by atoms with Crippen molar-refractivity contribution in [3.8, 4) is 34.8 Å². The number of aromatic hydroxyl groups is 3. The highest BCUT2D eigenvalue weighted by Crippen LogP contribution is 2.62. The quantitative estimate of drug-likeness (QED) is 0.175. The Morgan fingerprint density at radius 1 is 0.867 bits per heavy atom. The van der Waals surface area contributed by atoms with Gasteiger partial charge in [-0.2, -0.15) is 0 Å². The number of carbonyl (C=O) groups excluding carboxylic acids is 1. The minimum absolute atomic E-state index is 0.0228. The molecule has 5 atom stereocenters. The molecule has 6 heteroatoms. The van der Waals surface area contributed by atoms with Crippen molar-refractivity contribution in [1.29, 1.82) is 0 Å². The number of benzene rings is 3. The summed E-state index contributed by atoms with van der Waals surface area (Å²) in [7, 11) is 1.51. The van der Waals surface area contributed by atoms with Crippen molar-refractivity contribution in [2.24, 2.45) is 17.3 Å². The second kappa shape index (κ2) is 12.8. The smallest absolute Gasteiger partial charge is 0.160 e. The van der Waals surface area contributed by atoms with Crippen molar-refractivity contribution in [2.45, 2.75) is 88.1 Å². The number of hydrogen-bond acceptors (Lipinski definition) is 6. The average molecular weight is 609 g/mol. The molecule has 0 aliphatic heterocycles. The predicted molar refractivity (Wildman–Crippen MR) is 173 cm³/mol. The number of ketones is 1. The maximum absolute atomic E-state index is 13.9. The van der Waals surface area contributed by atoms with E-state index in [0.29, 0.717) is 18.6 Å². The molecule has 0 amide bonds. The first kappa shape index (κ1) is 31.0. The summed E-state index contributed by atoms with van der Waals surface area (Å²) in [6.45, 7) is 0. The molecule has 6 rings (SSSR count). The molecule has 6 nitrogen and oxygen atoms in total. The van der Waals surface area contributed by atoms with Crippen molar-refractivity contribution < 1.29 is 30.0 Å². The van der Waals surface area contributed by atoms with Crippen LogP contribution >= 0.6 is 0 Å². The maximum atomic E-state index is 13.9. The van der Waals surface area contributed by atoms with Crippen molar-refractivity contribution >= 4 is 5.78 Å². The van der Waals surface area contributed by atoms with Crippen LogP contribution in [0.1, 0.15) is 86.8 Å². The molecule has 236 valence electrons. The van der Waals surface area contributed by atoms with Gasteiger partial charge in [0.1, 0.15) is 5.78 Å². The second-order valence-corrected chi connectivity index (χ2v) is 13.7. The van der Waals surface area contributed by atoms with Crippen LogP contribution in [0.3, 0.4) is 0 Å². The summed E-state index contributed by atoms with van der Waals surface area (Å²) >= 11 is 0. The van der Waals surface area contributed by atoms with Gasteiger partial charge in [-0.3, -0.25) is 4.79 Å². The van der Waals surface area contributed by atoms with Crippen LogP contribution in [0.2, 0.25) is 0 Å². The lowest BCUT2D eigenvalue weighted by Crippen LogP contribution is -2.42. The van der Waals surface area contributed by atoms with Gasteiger partial charge in [0.15, 0.2) is 23.0 Å². The number of phenolic OH excluding ortho intramolecular Hbond substituents is 3. The van der Waals surface area contributed by atoms with Crippen LogP contribution in [0.5, 0.6) is 23.0 Å². The Morgan fingerprint density at radius 3 is 2.36 bits per heavy atom. The molecule has 0 saturated heterocycles. The van der Waals surface area contributed by atoms with Gasteiger partial charge in [0.25, 0.3) is 0 Å². The first-order valence-corrected chi connectivity index (χ1v) is 16.3. The van der Waals surface area contributed by atoms with Crippen LogP contribution in [-0.2, 0) is 16.6 Å². The number of hydrogen-bond donors (Lipinski definition) is 4. The zero-order chi connectivity index (χ0) is 31.6. The normalized spacial score (nSPS) is 28.0. The Labute approximate surface area is 266 Å². The summed E-state index contributed by atoms with van der Waals surface area (Å²) in [4.78, 5) is 13.9. The van der Waals surface area contributed by atoms with Gasteiger partial charge in [-0.15, -0.1) is 5.92 Å². The number of Topliss-reactive ketones (excluding diaryl/α,β-unsaturated/α-hetero) is 1. The predicted octanol–water partition coefficient (Wildman–Crippen LogP) is 7.17. The Bertz CT molecular complexity index is 1580. The van der Waals surface area contributed by atoms with Gasteiger partial charge in [0.2, 0.25) is 0 Å². The zero-order valence-corrected chi connectivity index (χ0v) is 26.0. The van der Waals surface area contributed by atoms with Crippen LogP contribution in [0.4, 0.5) is 0 Å². The van der Waals surface area contributed by atoms with Crippen LogP contribution in [0.25, 0.3) is 0 Å². The van der Waals surface area contributed by atoms with Crippen molar-refractivity contribution in [1.82, 2.24) is 0 Å². The largest absolute Gasteiger partial charge is 0.504 e. The first-order chi connectivity index (χ1) is 21.7. The van der Waals surface area contributed by atoms with Crippen LogP contribution < -0.4 is 4.74 Å². The minimum Gasteiger partial charge on any atom is -0.504 e. The Morgan fingerprint density at radius 2 is 1.62 bits per heavy atom. The van der Waals surface area contributed by atoms with Gasteiger partial charge < -0.3 is 25.2 Å². The molecule has 5 unspecified atom stereocenters. The van der Waals surface area contributed by atoms with Crippen LogP contribution in [0.15, 0.2) is 66.7 Å². The van der Waals surface area contributed by atoms with Gasteiger partial charge in [0.05, 0.1) is 13.2 Å². The van der Waals surface area contributed by atoms with E-state index < -0.39 is 11.5 Å². The van der Waals surface area contributed by atoms with Gasteiger partial charge >= 0.3 is 0 Å². The zero-order valence-electron chi connectivity index (χ0n) is 26.0. The highest BCUT2D eigenvalue weighted by atomic mass is 16.5. The topological polar surface area (TPSA) is 107 Å². The van der Waals surface area contributed by atoms with Gasteiger partial charge in [-0.25, -0.2) is 0 Å². The summed E-state index contributed by atoms with van der Waals surface area (Å²) in [5.41, 5.74) is 2.63. The molecule has 0 bridgehead atoms. The molecule has 0 aromatic heterocycles. The molecule has 1 spiro atoms. The fourth-order valence-corrected chi connectivity index (χ4v) is 8.78. The molecule has 3 aliphatic carbocycles.